The van der Waals surface area contributed by atoms with Gasteiger partial charge in [-0.15, -0.1) is 11.3 Å². The fourth-order valence-electron chi connectivity index (χ4n) is 1.88. The highest BCUT2D eigenvalue weighted by Gasteiger charge is 2.17. The summed E-state index contributed by atoms with van der Waals surface area (Å²) in [6, 6.07) is 0.310. The van der Waals surface area contributed by atoms with E-state index in [2.05, 4.69) is 15.2 Å². The highest BCUT2D eigenvalue weighted by atomic mass is 32.1. The number of carbonyl (C=O) groups is 1. The van der Waals surface area contributed by atoms with Gasteiger partial charge in [-0.25, -0.2) is 4.98 Å². The molecule has 2 heterocycles. The van der Waals surface area contributed by atoms with Gasteiger partial charge in [-0.1, -0.05) is 0 Å². The molecule has 0 unspecified atom stereocenters. The van der Waals surface area contributed by atoms with Crippen molar-refractivity contribution in [1.82, 2.24) is 15.2 Å². The van der Waals surface area contributed by atoms with E-state index in [4.69, 9.17) is 5.73 Å². The van der Waals surface area contributed by atoms with Gasteiger partial charge in [0.1, 0.15) is 5.01 Å². The Morgan fingerprint density at radius 1 is 1.59 bits per heavy atom. The Kier molecular flexibility index (Phi) is 4.47. The van der Waals surface area contributed by atoms with E-state index in [9.17, 15) is 4.79 Å². The molecule has 5 nitrogen and oxygen atoms in total. The molecule has 0 spiro atoms. The number of likely N-dealkylation sites (tertiary alicyclic amines) is 1. The van der Waals surface area contributed by atoms with Crippen molar-refractivity contribution in [1.29, 1.82) is 0 Å². The predicted octanol–water partition coefficient (Wildman–Crippen LogP) is 0.182. The Bertz CT molecular complexity index is 346. The second-order valence-electron chi connectivity index (χ2n) is 4.32. The number of carbonyl (C=O) groups excluding carboxylic acids is 1. The monoisotopic (exact) mass is 254 g/mol. The van der Waals surface area contributed by atoms with Gasteiger partial charge in [0.15, 0.2) is 0 Å². The fraction of sp³-hybridized carbons (Fsp3) is 0.636. The van der Waals surface area contributed by atoms with Crippen molar-refractivity contribution in [3.05, 3.63) is 16.6 Å². The van der Waals surface area contributed by atoms with E-state index in [0.717, 1.165) is 30.9 Å². The average Bonchev–Trinajstić information content (AvgIpc) is 2.83. The van der Waals surface area contributed by atoms with Crippen molar-refractivity contribution < 1.29 is 4.79 Å². The molecule has 0 bridgehead atoms. The van der Waals surface area contributed by atoms with Gasteiger partial charge < -0.3 is 11.1 Å². The largest absolute Gasteiger partial charge is 0.348 e. The molecule has 0 saturated carbocycles. The summed E-state index contributed by atoms with van der Waals surface area (Å²) in [6.45, 7) is 2.85. The molecule has 1 aromatic rings. The number of piperidine rings is 1. The van der Waals surface area contributed by atoms with Gasteiger partial charge in [0.2, 0.25) is 5.91 Å². The van der Waals surface area contributed by atoms with Gasteiger partial charge in [0, 0.05) is 30.7 Å². The van der Waals surface area contributed by atoms with Crippen LogP contribution in [-0.2, 0) is 11.3 Å². The van der Waals surface area contributed by atoms with Crippen LogP contribution in [-0.4, -0.2) is 41.5 Å². The molecule has 0 aliphatic carbocycles. The van der Waals surface area contributed by atoms with Crippen LogP contribution < -0.4 is 11.1 Å². The standard InChI is InChI=1S/C11H18N4OS/c12-9-1-4-15(5-2-9)8-10(16)14-7-11-13-3-6-17-11/h3,6,9H,1-2,4-5,7-8,12H2,(H,14,16). The van der Waals surface area contributed by atoms with Gasteiger partial charge in [-0.3, -0.25) is 9.69 Å². The minimum atomic E-state index is 0.0654. The van der Waals surface area contributed by atoms with Crippen molar-refractivity contribution in [2.45, 2.75) is 25.4 Å². The number of aromatic nitrogens is 1. The zero-order valence-corrected chi connectivity index (χ0v) is 10.6. The highest BCUT2D eigenvalue weighted by Crippen LogP contribution is 2.07. The van der Waals surface area contributed by atoms with Crippen molar-refractivity contribution in [2.75, 3.05) is 19.6 Å². The molecule has 3 N–H and O–H groups in total. The molecular formula is C11H18N4OS. The maximum Gasteiger partial charge on any atom is 0.234 e. The summed E-state index contributed by atoms with van der Waals surface area (Å²) in [7, 11) is 0. The third-order valence-electron chi connectivity index (χ3n) is 2.92. The van der Waals surface area contributed by atoms with Crippen LogP contribution in [0.4, 0.5) is 0 Å². The quantitative estimate of drug-likeness (QED) is 0.804. The molecule has 1 saturated heterocycles. The van der Waals surface area contributed by atoms with Crippen LogP contribution in [0.25, 0.3) is 0 Å². The van der Waals surface area contributed by atoms with E-state index in [1.165, 1.54) is 0 Å². The van der Waals surface area contributed by atoms with Crippen LogP contribution in [0.3, 0.4) is 0 Å². The van der Waals surface area contributed by atoms with Gasteiger partial charge in [-0.2, -0.15) is 0 Å². The molecule has 1 aliphatic rings. The van der Waals surface area contributed by atoms with Crippen LogP contribution in [0.2, 0.25) is 0 Å². The predicted molar refractivity (Wildman–Crippen MR) is 67.6 cm³/mol. The van der Waals surface area contributed by atoms with E-state index >= 15 is 0 Å². The lowest BCUT2D eigenvalue weighted by molar-refractivity contribution is -0.122. The second-order valence-corrected chi connectivity index (χ2v) is 5.30. The average molecular weight is 254 g/mol. The topological polar surface area (TPSA) is 71.2 Å². The van der Waals surface area contributed by atoms with Gasteiger partial charge in [0.25, 0.3) is 0 Å². The number of thiazole rings is 1. The number of hydrogen-bond donors (Lipinski definition) is 2. The van der Waals surface area contributed by atoms with Crippen molar-refractivity contribution in [3.63, 3.8) is 0 Å². The Morgan fingerprint density at radius 3 is 3.00 bits per heavy atom. The number of nitrogens with one attached hydrogen (secondary N) is 1. The first-order valence-corrected chi connectivity index (χ1v) is 6.75. The Labute approximate surface area is 105 Å². The second kappa shape index (κ2) is 6.09. The number of rotatable bonds is 4. The van der Waals surface area contributed by atoms with Crippen LogP contribution in [0, 0.1) is 0 Å². The molecule has 17 heavy (non-hydrogen) atoms. The summed E-state index contributed by atoms with van der Waals surface area (Å²) in [6.07, 6.45) is 3.72. The Morgan fingerprint density at radius 2 is 2.35 bits per heavy atom. The highest BCUT2D eigenvalue weighted by molar-refractivity contribution is 7.09. The summed E-state index contributed by atoms with van der Waals surface area (Å²) >= 11 is 1.56. The Balaban J connectivity index is 1.67. The van der Waals surface area contributed by atoms with Gasteiger partial charge in [-0.05, 0) is 12.8 Å². The number of nitrogens with two attached hydrogens (primary N) is 1. The zero-order valence-electron chi connectivity index (χ0n) is 9.76. The molecule has 94 valence electrons. The summed E-state index contributed by atoms with van der Waals surface area (Å²) in [5.41, 5.74) is 5.82. The molecule has 0 radical (unpaired) electrons. The third-order valence-corrected chi connectivity index (χ3v) is 3.70. The van der Waals surface area contributed by atoms with Crippen LogP contribution >= 0.6 is 11.3 Å². The van der Waals surface area contributed by atoms with Gasteiger partial charge in [0.05, 0.1) is 13.1 Å². The summed E-state index contributed by atoms with van der Waals surface area (Å²) < 4.78 is 0. The first-order valence-electron chi connectivity index (χ1n) is 5.87. The van der Waals surface area contributed by atoms with E-state index in [1.54, 1.807) is 17.5 Å². The van der Waals surface area contributed by atoms with Gasteiger partial charge >= 0.3 is 0 Å². The van der Waals surface area contributed by atoms with Crippen LogP contribution in [0.1, 0.15) is 17.8 Å². The maximum absolute atomic E-state index is 11.7. The van der Waals surface area contributed by atoms with E-state index < -0.39 is 0 Å². The lowest BCUT2D eigenvalue weighted by Crippen LogP contribution is -2.44. The fourth-order valence-corrected chi connectivity index (χ4v) is 2.44. The molecule has 0 atom stereocenters. The molecule has 6 heteroatoms. The van der Waals surface area contributed by atoms with Crippen LogP contribution in [0.15, 0.2) is 11.6 Å². The smallest absolute Gasteiger partial charge is 0.234 e. The van der Waals surface area contributed by atoms with E-state index in [-0.39, 0.29) is 5.91 Å². The molecule has 1 fully saturated rings. The molecule has 1 aromatic heterocycles. The first-order chi connectivity index (χ1) is 8.24. The zero-order chi connectivity index (χ0) is 12.1. The summed E-state index contributed by atoms with van der Waals surface area (Å²) in [5.74, 6) is 0.0654. The van der Waals surface area contributed by atoms with Crippen molar-refractivity contribution in [2.24, 2.45) is 5.73 Å². The van der Waals surface area contributed by atoms with Crippen molar-refractivity contribution in [3.8, 4) is 0 Å². The molecule has 2 rings (SSSR count). The molecule has 0 aromatic carbocycles. The maximum atomic E-state index is 11.7. The van der Waals surface area contributed by atoms with E-state index in [0.29, 0.717) is 19.1 Å². The minimum Gasteiger partial charge on any atom is -0.348 e. The minimum absolute atomic E-state index is 0.0654. The van der Waals surface area contributed by atoms with E-state index in [1.807, 2.05) is 5.38 Å². The summed E-state index contributed by atoms with van der Waals surface area (Å²) in [5, 5.41) is 5.73. The SMILES string of the molecule is NC1CCN(CC(=O)NCc2nccs2)CC1. The number of nitrogens with zero attached hydrogens (tertiary/aromatic N) is 2. The normalized spacial score (nSPS) is 18.2. The Hall–Kier alpha value is -0.980. The van der Waals surface area contributed by atoms with Crippen LogP contribution in [0.5, 0.6) is 0 Å². The lowest BCUT2D eigenvalue weighted by atomic mass is 10.1. The number of hydrogen-bond acceptors (Lipinski definition) is 5. The first kappa shape index (κ1) is 12.5. The van der Waals surface area contributed by atoms with Crippen molar-refractivity contribution >= 4 is 17.2 Å². The summed E-state index contributed by atoms with van der Waals surface area (Å²) in [4.78, 5) is 18.0. The molecule has 1 amide bonds. The molecular weight excluding hydrogens is 236 g/mol. The number of amides is 1. The molecule has 1 aliphatic heterocycles. The third kappa shape index (κ3) is 4.07. The lowest BCUT2D eigenvalue weighted by Gasteiger charge is -2.29.